The first-order valence-electron chi connectivity index (χ1n) is 6.49. The average molecular weight is 285 g/mol. The summed E-state index contributed by atoms with van der Waals surface area (Å²) in [5.74, 6) is -0.402. The predicted molar refractivity (Wildman–Crippen MR) is 80.6 cm³/mol. The third-order valence-corrected chi connectivity index (χ3v) is 2.09. The van der Waals surface area contributed by atoms with Crippen LogP contribution < -0.4 is 0 Å². The molecule has 0 saturated heterocycles. The highest BCUT2D eigenvalue weighted by Gasteiger charge is 2.02. The zero-order chi connectivity index (χ0) is 16.1. The molecule has 5 heteroatoms. The van der Waals surface area contributed by atoms with E-state index in [0.29, 0.717) is 11.4 Å². The zero-order valence-electron chi connectivity index (χ0n) is 12.7. The SMILES string of the molecule is CC.COC(=O)c1ccccn1.Cc1ccnc(C#N)c1. The molecule has 2 rings (SSSR count). The molecule has 0 unspecified atom stereocenters. The Kier molecular flexibility index (Phi) is 9.67. The highest BCUT2D eigenvalue weighted by atomic mass is 16.5. The molecular weight excluding hydrogens is 266 g/mol. The number of rotatable bonds is 1. The first kappa shape index (κ1) is 18.3. The van der Waals surface area contributed by atoms with E-state index in [1.54, 1.807) is 36.7 Å². The standard InChI is InChI=1S/C7H6N2.C7H7NO2.C2H6/c1-6-2-3-9-7(4-6)5-8;1-10-7(9)6-4-2-3-5-8-6;1-2/h2-4H,1H3;2-5H,1H3;1-2H3. The highest BCUT2D eigenvalue weighted by molar-refractivity contribution is 5.86. The summed E-state index contributed by atoms with van der Waals surface area (Å²) in [6.45, 7) is 5.93. The Bertz CT molecular complexity index is 578. The van der Waals surface area contributed by atoms with E-state index in [1.165, 1.54) is 7.11 Å². The Balaban J connectivity index is 0.000000342. The summed E-state index contributed by atoms with van der Waals surface area (Å²) >= 11 is 0. The molecule has 0 spiro atoms. The highest BCUT2D eigenvalue weighted by Crippen LogP contribution is 1.96. The van der Waals surface area contributed by atoms with Crippen LogP contribution in [-0.2, 0) is 4.74 Å². The second kappa shape index (κ2) is 11.1. The summed E-state index contributed by atoms with van der Waals surface area (Å²) in [6.07, 6.45) is 3.18. The van der Waals surface area contributed by atoms with Crippen molar-refractivity contribution in [3.63, 3.8) is 0 Å². The van der Waals surface area contributed by atoms with E-state index in [-0.39, 0.29) is 0 Å². The normalized spacial score (nSPS) is 8.14. The first-order chi connectivity index (χ1) is 10.2. The molecule has 0 fully saturated rings. The molecule has 0 aliphatic rings. The van der Waals surface area contributed by atoms with Crippen LogP contribution in [-0.4, -0.2) is 23.0 Å². The lowest BCUT2D eigenvalue weighted by Crippen LogP contribution is -2.02. The van der Waals surface area contributed by atoms with Gasteiger partial charge in [0.2, 0.25) is 0 Å². The molecule has 0 N–H and O–H groups in total. The van der Waals surface area contributed by atoms with Crippen molar-refractivity contribution >= 4 is 5.97 Å². The van der Waals surface area contributed by atoms with Gasteiger partial charge in [0.15, 0.2) is 0 Å². The Hall–Kier alpha value is -2.74. The summed E-state index contributed by atoms with van der Waals surface area (Å²) < 4.78 is 4.43. The largest absolute Gasteiger partial charge is 0.464 e. The van der Waals surface area contributed by atoms with Gasteiger partial charge in [0.05, 0.1) is 7.11 Å². The lowest BCUT2D eigenvalue weighted by molar-refractivity contribution is 0.0594. The number of aryl methyl sites for hydroxylation is 1. The molecular formula is C16H19N3O2. The van der Waals surface area contributed by atoms with Crippen molar-refractivity contribution in [2.75, 3.05) is 7.11 Å². The number of carbonyl (C=O) groups excluding carboxylic acids is 1. The Morgan fingerprint density at radius 2 is 1.90 bits per heavy atom. The second-order valence-corrected chi connectivity index (χ2v) is 3.54. The third kappa shape index (κ3) is 7.43. The van der Waals surface area contributed by atoms with Crippen molar-refractivity contribution in [2.24, 2.45) is 0 Å². The van der Waals surface area contributed by atoms with E-state index in [9.17, 15) is 4.79 Å². The van der Waals surface area contributed by atoms with Crippen LogP contribution in [0.4, 0.5) is 0 Å². The van der Waals surface area contributed by atoms with Gasteiger partial charge in [-0.2, -0.15) is 5.26 Å². The van der Waals surface area contributed by atoms with Gasteiger partial charge in [0.25, 0.3) is 0 Å². The van der Waals surface area contributed by atoms with Crippen LogP contribution in [0.25, 0.3) is 0 Å². The summed E-state index contributed by atoms with van der Waals surface area (Å²) in [5.41, 5.74) is 1.89. The quantitative estimate of drug-likeness (QED) is 0.752. The molecule has 21 heavy (non-hydrogen) atoms. The van der Waals surface area contributed by atoms with Gasteiger partial charge in [-0.1, -0.05) is 19.9 Å². The molecule has 0 aliphatic carbocycles. The van der Waals surface area contributed by atoms with E-state index in [2.05, 4.69) is 14.7 Å². The van der Waals surface area contributed by atoms with Crippen LogP contribution in [0.3, 0.4) is 0 Å². The lowest BCUT2D eigenvalue weighted by Gasteiger charge is -1.94. The van der Waals surface area contributed by atoms with Gasteiger partial charge in [-0.05, 0) is 36.8 Å². The zero-order valence-corrected chi connectivity index (χ0v) is 12.7. The van der Waals surface area contributed by atoms with Gasteiger partial charge in [0, 0.05) is 12.4 Å². The van der Waals surface area contributed by atoms with E-state index >= 15 is 0 Å². The lowest BCUT2D eigenvalue weighted by atomic mass is 10.2. The number of nitrogens with zero attached hydrogens (tertiary/aromatic N) is 3. The summed E-state index contributed by atoms with van der Waals surface area (Å²) in [7, 11) is 1.33. The molecule has 2 aromatic rings. The predicted octanol–water partition coefficient (Wildman–Crippen LogP) is 3.16. The second-order valence-electron chi connectivity index (χ2n) is 3.54. The van der Waals surface area contributed by atoms with Crippen LogP contribution in [0.15, 0.2) is 42.7 Å². The van der Waals surface area contributed by atoms with Crippen LogP contribution in [0.2, 0.25) is 0 Å². The number of methoxy groups -OCH3 is 1. The van der Waals surface area contributed by atoms with Crippen LogP contribution in [0, 0.1) is 18.3 Å². The minimum Gasteiger partial charge on any atom is -0.464 e. The minimum atomic E-state index is -0.402. The Morgan fingerprint density at radius 3 is 2.33 bits per heavy atom. The fourth-order valence-corrected chi connectivity index (χ4v) is 1.19. The molecule has 0 aromatic carbocycles. The van der Waals surface area contributed by atoms with Crippen molar-refractivity contribution in [3.8, 4) is 6.07 Å². The maximum absolute atomic E-state index is 10.7. The number of ether oxygens (including phenoxy) is 1. The topological polar surface area (TPSA) is 75.9 Å². The maximum Gasteiger partial charge on any atom is 0.356 e. The fourth-order valence-electron chi connectivity index (χ4n) is 1.19. The molecule has 2 heterocycles. The number of aromatic nitrogens is 2. The van der Waals surface area contributed by atoms with Crippen molar-refractivity contribution in [3.05, 3.63) is 59.7 Å². The summed E-state index contributed by atoms with van der Waals surface area (Å²) in [5, 5.41) is 8.35. The van der Waals surface area contributed by atoms with Gasteiger partial charge in [0.1, 0.15) is 17.5 Å². The van der Waals surface area contributed by atoms with Gasteiger partial charge < -0.3 is 4.74 Å². The van der Waals surface area contributed by atoms with Crippen LogP contribution in [0.5, 0.6) is 0 Å². The first-order valence-corrected chi connectivity index (χ1v) is 6.49. The van der Waals surface area contributed by atoms with Crippen LogP contribution in [0.1, 0.15) is 35.6 Å². The Morgan fingerprint density at radius 1 is 1.19 bits per heavy atom. The summed E-state index contributed by atoms with van der Waals surface area (Å²) in [4.78, 5) is 18.3. The smallest absolute Gasteiger partial charge is 0.356 e. The molecule has 2 aromatic heterocycles. The number of nitriles is 1. The Labute approximate surface area is 125 Å². The molecule has 5 nitrogen and oxygen atoms in total. The summed E-state index contributed by atoms with van der Waals surface area (Å²) in [6, 6.07) is 10.6. The van der Waals surface area contributed by atoms with Crippen molar-refractivity contribution < 1.29 is 9.53 Å². The number of carbonyl (C=O) groups is 1. The van der Waals surface area contributed by atoms with Gasteiger partial charge in [-0.15, -0.1) is 0 Å². The van der Waals surface area contributed by atoms with Gasteiger partial charge >= 0.3 is 5.97 Å². The van der Waals surface area contributed by atoms with Gasteiger partial charge in [-0.25, -0.2) is 14.8 Å². The van der Waals surface area contributed by atoms with Crippen molar-refractivity contribution in [1.29, 1.82) is 5.26 Å². The number of esters is 1. The van der Waals surface area contributed by atoms with Gasteiger partial charge in [-0.3, -0.25) is 0 Å². The fraction of sp³-hybridized carbons (Fsp3) is 0.250. The van der Waals surface area contributed by atoms with Crippen molar-refractivity contribution in [1.82, 2.24) is 9.97 Å². The number of hydrogen-bond acceptors (Lipinski definition) is 5. The van der Waals surface area contributed by atoms with E-state index in [1.807, 2.05) is 32.9 Å². The van der Waals surface area contributed by atoms with Crippen LogP contribution >= 0.6 is 0 Å². The average Bonchev–Trinajstić information content (AvgIpc) is 2.57. The van der Waals surface area contributed by atoms with E-state index < -0.39 is 5.97 Å². The molecule has 110 valence electrons. The molecule has 0 bridgehead atoms. The molecule has 0 saturated carbocycles. The van der Waals surface area contributed by atoms with E-state index in [0.717, 1.165) is 5.56 Å². The maximum atomic E-state index is 10.7. The number of hydrogen-bond donors (Lipinski definition) is 0. The van der Waals surface area contributed by atoms with Crippen molar-refractivity contribution in [2.45, 2.75) is 20.8 Å². The molecule has 0 amide bonds. The minimum absolute atomic E-state index is 0.338. The van der Waals surface area contributed by atoms with E-state index in [4.69, 9.17) is 5.26 Å². The molecule has 0 radical (unpaired) electrons. The molecule has 0 aliphatic heterocycles. The third-order valence-electron chi connectivity index (χ3n) is 2.09. The monoisotopic (exact) mass is 285 g/mol. The number of pyridine rings is 2. The molecule has 0 atom stereocenters.